The van der Waals surface area contributed by atoms with E-state index in [2.05, 4.69) is 74.5 Å². The molecule has 0 bridgehead atoms. The molecule has 1 heterocycles. The molecule has 2 unspecified atom stereocenters. The molecule has 184 valence electrons. The average Bonchev–Trinajstić information content (AvgIpc) is 3.23. The highest BCUT2D eigenvalue weighted by Gasteiger charge is 2.38. The third-order valence-electron chi connectivity index (χ3n) is 6.36. The normalized spacial score (nSPS) is 19.3. The van der Waals surface area contributed by atoms with Crippen LogP contribution in [0.3, 0.4) is 0 Å². The summed E-state index contributed by atoms with van der Waals surface area (Å²) in [5.74, 6) is 0.271. The minimum Gasteiger partial charge on any atom is -0.481 e. The lowest BCUT2D eigenvalue weighted by Gasteiger charge is -2.46. The van der Waals surface area contributed by atoms with E-state index < -0.39 is 5.97 Å². The van der Waals surface area contributed by atoms with Gasteiger partial charge in [-0.25, -0.2) is 4.98 Å². The van der Waals surface area contributed by atoms with Gasteiger partial charge in [-0.1, -0.05) is 71.0 Å². The molecule has 0 fully saturated rings. The molecule has 0 spiro atoms. The summed E-state index contributed by atoms with van der Waals surface area (Å²) < 4.78 is 0. The Bertz CT molecular complexity index is 1020. The van der Waals surface area contributed by atoms with Crippen LogP contribution in [0.4, 0.5) is 5.13 Å². The Morgan fingerprint density at radius 1 is 1.15 bits per heavy atom. The van der Waals surface area contributed by atoms with Crippen LogP contribution in [-0.4, -0.2) is 39.6 Å². The summed E-state index contributed by atoms with van der Waals surface area (Å²) in [6.45, 7) is 15.3. The number of aliphatic carboxylic acids is 1. The second-order valence-corrected chi connectivity index (χ2v) is 11.3. The van der Waals surface area contributed by atoms with E-state index in [9.17, 15) is 9.90 Å². The smallest absolute Gasteiger partial charge is 0.303 e. The monoisotopic (exact) mass is 481 g/mol. The zero-order valence-corrected chi connectivity index (χ0v) is 22.2. The van der Waals surface area contributed by atoms with Gasteiger partial charge >= 0.3 is 5.97 Å². The number of rotatable bonds is 11. The number of hydrogen-bond donors (Lipinski definition) is 2. The summed E-state index contributed by atoms with van der Waals surface area (Å²) in [4.78, 5) is 18.8. The summed E-state index contributed by atoms with van der Waals surface area (Å²) >= 11 is 1.60. The fraction of sp³-hybridized carbons (Fsp3) is 0.500. The molecule has 1 aliphatic carbocycles. The molecule has 0 amide bonds. The first-order valence-electron chi connectivity index (χ1n) is 12.3. The molecule has 0 saturated carbocycles. The molecule has 5 nitrogen and oxygen atoms in total. The summed E-state index contributed by atoms with van der Waals surface area (Å²) in [6, 6.07) is 10.2. The first kappa shape index (κ1) is 26.2. The predicted molar refractivity (Wildman–Crippen MR) is 143 cm³/mol. The van der Waals surface area contributed by atoms with Crippen molar-refractivity contribution >= 4 is 22.4 Å². The molecule has 2 atom stereocenters. The number of carboxylic acids is 1. The Morgan fingerprint density at radius 2 is 1.79 bits per heavy atom. The van der Waals surface area contributed by atoms with Crippen LogP contribution in [0.2, 0.25) is 0 Å². The number of nitrogens with zero attached hydrogens (tertiary/aromatic N) is 2. The van der Waals surface area contributed by atoms with Crippen molar-refractivity contribution < 1.29 is 9.90 Å². The van der Waals surface area contributed by atoms with Gasteiger partial charge in [0.1, 0.15) is 0 Å². The SMILES string of the molecule is CC(C)CN(CC(C)C)C1(C)CC=C(C(C)CC(=O)O)C=C1Nc1nc(-c2ccccc2)cs1. The maximum atomic E-state index is 11.4. The third kappa shape index (κ3) is 6.57. The van der Waals surface area contributed by atoms with Crippen molar-refractivity contribution in [2.75, 3.05) is 18.4 Å². The van der Waals surface area contributed by atoms with Crippen LogP contribution < -0.4 is 5.32 Å². The molecule has 1 aromatic heterocycles. The quantitative estimate of drug-likeness (QED) is 0.365. The highest BCUT2D eigenvalue weighted by atomic mass is 32.1. The number of hydrogen-bond acceptors (Lipinski definition) is 5. The molecule has 34 heavy (non-hydrogen) atoms. The molecule has 3 rings (SSSR count). The summed E-state index contributed by atoms with van der Waals surface area (Å²) in [5, 5.41) is 15.9. The molecular formula is C28H39N3O2S. The maximum absolute atomic E-state index is 11.4. The van der Waals surface area contributed by atoms with Crippen LogP contribution in [0.15, 0.2) is 59.1 Å². The van der Waals surface area contributed by atoms with E-state index in [0.717, 1.165) is 47.2 Å². The molecule has 2 N–H and O–H groups in total. The van der Waals surface area contributed by atoms with Gasteiger partial charge in [0, 0.05) is 29.7 Å². The van der Waals surface area contributed by atoms with Crippen LogP contribution in [0.25, 0.3) is 11.3 Å². The van der Waals surface area contributed by atoms with E-state index >= 15 is 0 Å². The highest BCUT2D eigenvalue weighted by molar-refractivity contribution is 7.14. The molecule has 0 radical (unpaired) electrons. The lowest BCUT2D eigenvalue weighted by atomic mass is 9.80. The standard InChI is InChI=1S/C28H39N3O2S/c1-19(2)16-31(17-20(3)4)28(6)13-12-23(21(5)14-26(32)33)15-25(28)30-27-29-24(18-34-27)22-10-8-7-9-11-22/h7-12,15,18-21H,13-14,16-17H2,1-6H3,(H,29,30)(H,32,33). The van der Waals surface area contributed by atoms with Crippen molar-refractivity contribution in [1.82, 2.24) is 9.88 Å². The largest absolute Gasteiger partial charge is 0.481 e. The lowest BCUT2D eigenvalue weighted by Crippen LogP contribution is -2.53. The number of aromatic nitrogens is 1. The van der Waals surface area contributed by atoms with E-state index in [1.165, 1.54) is 0 Å². The van der Waals surface area contributed by atoms with Gasteiger partial charge < -0.3 is 10.4 Å². The van der Waals surface area contributed by atoms with Crippen molar-refractivity contribution in [1.29, 1.82) is 0 Å². The average molecular weight is 482 g/mol. The van der Waals surface area contributed by atoms with Gasteiger partial charge in [-0.2, -0.15) is 0 Å². The Morgan fingerprint density at radius 3 is 2.38 bits per heavy atom. The molecule has 1 aromatic carbocycles. The first-order valence-corrected chi connectivity index (χ1v) is 13.1. The number of anilines is 1. The molecule has 1 aliphatic rings. The van der Waals surface area contributed by atoms with Gasteiger partial charge in [-0.05, 0) is 42.7 Å². The van der Waals surface area contributed by atoms with Crippen LogP contribution in [0.1, 0.15) is 54.4 Å². The molecule has 6 heteroatoms. The summed E-state index contributed by atoms with van der Waals surface area (Å²) in [5.41, 5.74) is 4.01. The third-order valence-corrected chi connectivity index (χ3v) is 7.12. The van der Waals surface area contributed by atoms with E-state index in [1.807, 2.05) is 25.1 Å². The fourth-order valence-electron chi connectivity index (χ4n) is 4.55. The van der Waals surface area contributed by atoms with Gasteiger partial charge in [-0.15, -0.1) is 11.3 Å². The van der Waals surface area contributed by atoms with E-state index in [-0.39, 0.29) is 17.9 Å². The van der Waals surface area contributed by atoms with Gasteiger partial charge in [0.05, 0.1) is 17.7 Å². The van der Waals surface area contributed by atoms with Crippen molar-refractivity contribution in [2.24, 2.45) is 17.8 Å². The fourth-order valence-corrected chi connectivity index (χ4v) is 5.28. The molecule has 0 aliphatic heterocycles. The summed E-state index contributed by atoms with van der Waals surface area (Å²) in [7, 11) is 0. The number of benzene rings is 1. The van der Waals surface area contributed by atoms with Gasteiger partial charge in [-0.3, -0.25) is 9.69 Å². The number of carboxylic acid groups (broad SMARTS) is 1. The van der Waals surface area contributed by atoms with Crippen LogP contribution in [0, 0.1) is 17.8 Å². The van der Waals surface area contributed by atoms with Crippen LogP contribution >= 0.6 is 11.3 Å². The number of carbonyl (C=O) groups is 1. The lowest BCUT2D eigenvalue weighted by molar-refractivity contribution is -0.137. The number of nitrogens with one attached hydrogen (secondary N) is 1. The Balaban J connectivity index is 1.96. The van der Waals surface area contributed by atoms with Gasteiger partial charge in [0.25, 0.3) is 0 Å². The zero-order chi connectivity index (χ0) is 24.9. The van der Waals surface area contributed by atoms with Gasteiger partial charge in [0.15, 0.2) is 5.13 Å². The van der Waals surface area contributed by atoms with E-state index in [0.29, 0.717) is 11.8 Å². The van der Waals surface area contributed by atoms with Crippen molar-refractivity contribution in [2.45, 2.75) is 59.9 Å². The predicted octanol–water partition coefficient (Wildman–Crippen LogP) is 6.92. The Hall–Kier alpha value is -2.44. The molecular weight excluding hydrogens is 442 g/mol. The number of allylic oxidation sites excluding steroid dienone is 2. The van der Waals surface area contributed by atoms with Crippen molar-refractivity contribution in [3.8, 4) is 11.3 Å². The highest BCUT2D eigenvalue weighted by Crippen LogP contribution is 2.38. The summed E-state index contributed by atoms with van der Waals surface area (Å²) in [6.07, 6.45) is 5.38. The second-order valence-electron chi connectivity index (χ2n) is 10.5. The minimum atomic E-state index is -0.765. The maximum Gasteiger partial charge on any atom is 0.303 e. The van der Waals surface area contributed by atoms with E-state index in [1.54, 1.807) is 11.3 Å². The topological polar surface area (TPSA) is 65.5 Å². The minimum absolute atomic E-state index is 0.0429. The Labute approximate surface area is 208 Å². The number of thiazole rings is 1. The molecule has 2 aromatic rings. The van der Waals surface area contributed by atoms with Crippen LogP contribution in [-0.2, 0) is 4.79 Å². The van der Waals surface area contributed by atoms with Crippen LogP contribution in [0.5, 0.6) is 0 Å². The zero-order valence-electron chi connectivity index (χ0n) is 21.3. The Kier molecular flexibility index (Phi) is 8.72. The molecule has 0 saturated heterocycles. The second kappa shape index (κ2) is 11.3. The van der Waals surface area contributed by atoms with Crippen molar-refractivity contribution in [3.63, 3.8) is 0 Å². The van der Waals surface area contributed by atoms with E-state index in [4.69, 9.17) is 4.98 Å². The first-order chi connectivity index (χ1) is 16.1. The van der Waals surface area contributed by atoms with Crippen molar-refractivity contribution in [3.05, 3.63) is 59.1 Å². The van der Waals surface area contributed by atoms with Gasteiger partial charge in [0.2, 0.25) is 0 Å².